The summed E-state index contributed by atoms with van der Waals surface area (Å²) < 4.78 is 5.72. The van der Waals surface area contributed by atoms with Crippen molar-refractivity contribution in [2.45, 2.75) is 58.6 Å². The highest BCUT2D eigenvalue weighted by Gasteiger charge is 2.18. The lowest BCUT2D eigenvalue weighted by molar-refractivity contribution is 0.242. The summed E-state index contributed by atoms with van der Waals surface area (Å²) in [4.78, 5) is 0. The Morgan fingerprint density at radius 1 is 1.16 bits per heavy atom. The molecule has 0 bridgehead atoms. The molecular formula is C16H26N2O. The third kappa shape index (κ3) is 4.34. The second-order valence-corrected chi connectivity index (χ2v) is 6.06. The third-order valence-electron chi connectivity index (χ3n) is 3.69. The Balaban J connectivity index is 2.01. The van der Waals surface area contributed by atoms with Crippen LogP contribution in [-0.4, -0.2) is 12.1 Å². The number of ether oxygens (including phenoxy) is 1. The van der Waals surface area contributed by atoms with Crippen LogP contribution in [0.2, 0.25) is 0 Å². The van der Waals surface area contributed by atoms with Gasteiger partial charge in [0.1, 0.15) is 5.75 Å². The minimum atomic E-state index is 0.171. The van der Waals surface area contributed by atoms with Gasteiger partial charge in [0.2, 0.25) is 0 Å². The summed E-state index contributed by atoms with van der Waals surface area (Å²) in [7, 11) is 0. The molecule has 1 aliphatic rings. The smallest absolute Gasteiger partial charge is 0.123 e. The second-order valence-electron chi connectivity index (χ2n) is 6.06. The molecule has 0 aromatic heterocycles. The molecule has 0 amide bonds. The van der Waals surface area contributed by atoms with E-state index in [0.717, 1.165) is 23.0 Å². The van der Waals surface area contributed by atoms with E-state index in [4.69, 9.17) is 10.5 Å². The molecular weight excluding hydrogens is 236 g/mol. The van der Waals surface area contributed by atoms with Gasteiger partial charge in [-0.25, -0.2) is 0 Å². The summed E-state index contributed by atoms with van der Waals surface area (Å²) >= 11 is 0. The van der Waals surface area contributed by atoms with Crippen molar-refractivity contribution in [1.29, 1.82) is 0 Å². The predicted molar refractivity (Wildman–Crippen MR) is 81.7 cm³/mol. The lowest BCUT2D eigenvalue weighted by Gasteiger charge is -2.28. The molecule has 1 aromatic rings. The topological polar surface area (TPSA) is 47.3 Å². The Kier molecular flexibility index (Phi) is 4.56. The van der Waals surface area contributed by atoms with Crippen molar-refractivity contribution in [3.05, 3.63) is 18.2 Å². The highest BCUT2D eigenvalue weighted by atomic mass is 16.5. The lowest BCUT2D eigenvalue weighted by Crippen LogP contribution is -2.25. The maximum atomic E-state index is 5.94. The van der Waals surface area contributed by atoms with Crippen LogP contribution in [-0.2, 0) is 0 Å². The molecule has 2 rings (SSSR count). The number of nitrogen functional groups attached to an aromatic ring is 1. The second kappa shape index (κ2) is 6.18. The van der Waals surface area contributed by atoms with E-state index in [1.165, 1.54) is 25.7 Å². The number of hydrogen-bond donors (Lipinski definition) is 2. The summed E-state index contributed by atoms with van der Waals surface area (Å²) in [6.45, 7) is 6.39. The zero-order valence-corrected chi connectivity index (χ0v) is 12.3. The van der Waals surface area contributed by atoms with Gasteiger partial charge in [-0.15, -0.1) is 0 Å². The molecule has 1 aliphatic carbocycles. The van der Waals surface area contributed by atoms with Crippen LogP contribution in [0.1, 0.15) is 46.5 Å². The van der Waals surface area contributed by atoms with Gasteiger partial charge in [0.05, 0.1) is 6.10 Å². The molecule has 0 aliphatic heterocycles. The average molecular weight is 262 g/mol. The summed E-state index contributed by atoms with van der Waals surface area (Å²) in [5.74, 6) is 1.72. The number of benzene rings is 1. The van der Waals surface area contributed by atoms with Crippen molar-refractivity contribution in [1.82, 2.24) is 0 Å². The van der Waals surface area contributed by atoms with Crippen LogP contribution in [0.25, 0.3) is 0 Å². The number of nitrogens with one attached hydrogen (secondary N) is 1. The molecule has 1 aromatic carbocycles. The number of rotatable bonds is 4. The van der Waals surface area contributed by atoms with Crippen molar-refractivity contribution in [3.8, 4) is 5.75 Å². The maximum Gasteiger partial charge on any atom is 0.123 e. The first-order valence-corrected chi connectivity index (χ1v) is 7.36. The van der Waals surface area contributed by atoms with Gasteiger partial charge >= 0.3 is 0 Å². The fourth-order valence-electron chi connectivity index (χ4n) is 2.69. The molecule has 0 atom stereocenters. The van der Waals surface area contributed by atoms with Crippen molar-refractivity contribution >= 4 is 11.4 Å². The summed E-state index contributed by atoms with van der Waals surface area (Å²) in [5.41, 5.74) is 7.78. The van der Waals surface area contributed by atoms with Gasteiger partial charge in [-0.05, 0) is 51.5 Å². The molecule has 3 nitrogen and oxygen atoms in total. The van der Waals surface area contributed by atoms with E-state index in [1.807, 2.05) is 32.0 Å². The molecule has 106 valence electrons. The van der Waals surface area contributed by atoms with Gasteiger partial charge in [0.25, 0.3) is 0 Å². The molecule has 0 spiro atoms. The van der Waals surface area contributed by atoms with Crippen LogP contribution in [0.4, 0.5) is 11.4 Å². The molecule has 3 heteroatoms. The van der Waals surface area contributed by atoms with E-state index in [9.17, 15) is 0 Å². The Morgan fingerprint density at radius 2 is 1.84 bits per heavy atom. The monoisotopic (exact) mass is 262 g/mol. The normalized spacial score (nSPS) is 23.4. The quantitative estimate of drug-likeness (QED) is 0.805. The van der Waals surface area contributed by atoms with E-state index in [0.29, 0.717) is 6.04 Å². The highest BCUT2D eigenvalue weighted by molar-refractivity contribution is 5.59. The maximum absolute atomic E-state index is 5.94. The molecule has 3 N–H and O–H groups in total. The molecule has 1 saturated carbocycles. The molecule has 1 fully saturated rings. The van der Waals surface area contributed by atoms with E-state index < -0.39 is 0 Å². The van der Waals surface area contributed by atoms with Crippen LogP contribution in [0, 0.1) is 5.92 Å². The zero-order chi connectivity index (χ0) is 13.8. The molecule has 0 saturated heterocycles. The first-order chi connectivity index (χ1) is 9.02. The van der Waals surface area contributed by atoms with Gasteiger partial charge in [0.15, 0.2) is 0 Å². The van der Waals surface area contributed by atoms with Crippen molar-refractivity contribution in [3.63, 3.8) is 0 Å². The molecule has 0 heterocycles. The SMILES string of the molecule is CC1CCC(Nc2cc(N)cc(OC(C)C)c2)CC1. The standard InChI is InChI=1S/C16H26N2O/c1-11(2)19-16-9-13(17)8-15(10-16)18-14-6-4-12(3)5-7-14/h8-12,14,18H,4-7,17H2,1-3H3. The number of hydrogen-bond acceptors (Lipinski definition) is 3. The molecule has 19 heavy (non-hydrogen) atoms. The molecule has 0 unspecified atom stereocenters. The van der Waals surface area contributed by atoms with Crippen molar-refractivity contribution in [2.75, 3.05) is 11.1 Å². The van der Waals surface area contributed by atoms with Crippen molar-refractivity contribution < 1.29 is 4.74 Å². The minimum absolute atomic E-state index is 0.171. The Labute approximate surface area is 116 Å². The lowest BCUT2D eigenvalue weighted by atomic mass is 9.87. The molecule has 0 radical (unpaired) electrons. The first kappa shape index (κ1) is 14.0. The Hall–Kier alpha value is -1.38. The van der Waals surface area contributed by atoms with Gasteiger partial charge in [0, 0.05) is 29.5 Å². The van der Waals surface area contributed by atoms with E-state index in [2.05, 4.69) is 12.2 Å². The van der Waals surface area contributed by atoms with Crippen molar-refractivity contribution in [2.24, 2.45) is 5.92 Å². The Morgan fingerprint density at radius 3 is 2.47 bits per heavy atom. The zero-order valence-electron chi connectivity index (χ0n) is 12.3. The minimum Gasteiger partial charge on any atom is -0.491 e. The van der Waals surface area contributed by atoms with Crippen LogP contribution < -0.4 is 15.8 Å². The third-order valence-corrected chi connectivity index (χ3v) is 3.69. The number of nitrogens with two attached hydrogens (primary N) is 1. The van der Waals surface area contributed by atoms with Crippen LogP contribution >= 0.6 is 0 Å². The first-order valence-electron chi connectivity index (χ1n) is 7.36. The van der Waals surface area contributed by atoms with Crippen LogP contribution in [0.3, 0.4) is 0 Å². The van der Waals surface area contributed by atoms with Crippen LogP contribution in [0.5, 0.6) is 5.75 Å². The van der Waals surface area contributed by atoms with E-state index >= 15 is 0 Å². The van der Waals surface area contributed by atoms with E-state index in [-0.39, 0.29) is 6.10 Å². The summed E-state index contributed by atoms with van der Waals surface area (Å²) in [6.07, 6.45) is 5.29. The fraction of sp³-hybridized carbons (Fsp3) is 0.625. The number of anilines is 2. The summed E-state index contributed by atoms with van der Waals surface area (Å²) in [6, 6.07) is 6.50. The van der Waals surface area contributed by atoms with Gasteiger partial charge in [-0.2, -0.15) is 0 Å². The van der Waals surface area contributed by atoms with Gasteiger partial charge in [-0.1, -0.05) is 6.92 Å². The van der Waals surface area contributed by atoms with Gasteiger partial charge in [-0.3, -0.25) is 0 Å². The largest absolute Gasteiger partial charge is 0.491 e. The predicted octanol–water partition coefficient (Wildman–Crippen LogP) is 4.05. The average Bonchev–Trinajstić information content (AvgIpc) is 2.30. The highest BCUT2D eigenvalue weighted by Crippen LogP contribution is 2.29. The fourth-order valence-corrected chi connectivity index (χ4v) is 2.69. The van der Waals surface area contributed by atoms with Gasteiger partial charge < -0.3 is 15.8 Å². The Bertz CT molecular complexity index is 409. The summed E-state index contributed by atoms with van der Waals surface area (Å²) in [5, 5.41) is 3.60. The van der Waals surface area contributed by atoms with E-state index in [1.54, 1.807) is 0 Å². The van der Waals surface area contributed by atoms with Crippen LogP contribution in [0.15, 0.2) is 18.2 Å².